The van der Waals surface area contributed by atoms with Gasteiger partial charge in [0.05, 0.1) is 0 Å². The maximum atomic E-state index is 10.5. The predicted molar refractivity (Wildman–Crippen MR) is 165 cm³/mol. The van der Waals surface area contributed by atoms with Crippen LogP contribution in [0, 0.1) is 0 Å². The van der Waals surface area contributed by atoms with E-state index in [9.17, 15) is 9.59 Å². The fourth-order valence-electron chi connectivity index (χ4n) is 3.22. The molecule has 0 radical (unpaired) electrons. The molecule has 2 aromatic carbocycles. The number of unbranched alkanes of at least 4 members (excludes halogenated alkanes) is 2. The van der Waals surface area contributed by atoms with Gasteiger partial charge in [-0.05, 0) is 76.6 Å². The van der Waals surface area contributed by atoms with Crippen LogP contribution in [0.15, 0.2) is 60.7 Å². The lowest BCUT2D eigenvalue weighted by atomic mass is 10.1. The fraction of sp³-hybridized carbons (Fsp3) is 0.533. The lowest BCUT2D eigenvalue weighted by Crippen LogP contribution is -2.29. The number of hydrogen-bond acceptors (Lipinski definition) is 10. The molecule has 0 aromatic heterocycles. The topological polar surface area (TPSA) is 231 Å². The van der Waals surface area contributed by atoms with Gasteiger partial charge in [0.1, 0.15) is 12.1 Å². The number of carbonyl (C=O) groups is 2. The Morgan fingerprint density at radius 1 is 0.650 bits per heavy atom. The van der Waals surface area contributed by atoms with E-state index in [1.807, 2.05) is 50.2 Å². The molecule has 0 fully saturated rings. The molecular weight excluding hydrogens is 508 g/mol. The number of aliphatic carboxylic acids is 2. The van der Waals surface area contributed by atoms with E-state index in [4.69, 9.17) is 37.3 Å². The van der Waals surface area contributed by atoms with E-state index in [2.05, 4.69) is 34.5 Å². The highest BCUT2D eigenvalue weighted by Gasteiger charge is 2.10. The van der Waals surface area contributed by atoms with E-state index in [0.717, 1.165) is 38.5 Å². The summed E-state index contributed by atoms with van der Waals surface area (Å²) in [5, 5.41) is 7.39. The van der Waals surface area contributed by atoms with E-state index in [0.29, 0.717) is 25.9 Å². The molecule has 2 rings (SSSR count). The molecule has 10 nitrogen and oxygen atoms in total. The zero-order chi connectivity index (χ0) is 32.2. The Morgan fingerprint density at radius 2 is 0.975 bits per heavy atom. The standard InChI is InChI=1S/2C9H13N.2C6H14N2O2/c2*1-8(10)7-9-5-3-2-4-6-9;2*7-4-2-1-3-5(8)6(9)10/h2*2-6,8H,7,10H2,1H3;2*5H,1-4,7-8H2,(H,9,10)/i/hD2. The average molecular weight is 565 g/mol. The average Bonchev–Trinajstić information content (AvgIpc) is 2.98. The zero-order valence-electron chi connectivity index (χ0n) is 26.3. The highest BCUT2D eigenvalue weighted by molar-refractivity contribution is 5.73. The molecule has 0 aliphatic heterocycles. The molecule has 0 amide bonds. The van der Waals surface area contributed by atoms with E-state index in [1.54, 1.807) is 0 Å². The number of benzene rings is 2. The molecule has 0 heterocycles. The van der Waals surface area contributed by atoms with Crippen LogP contribution >= 0.6 is 0 Å². The van der Waals surface area contributed by atoms with Gasteiger partial charge in [-0.15, -0.1) is 0 Å². The van der Waals surface area contributed by atoms with Crippen molar-refractivity contribution in [1.82, 2.24) is 0 Å². The molecule has 2 aromatic rings. The van der Waals surface area contributed by atoms with Crippen molar-refractivity contribution >= 4 is 11.9 Å². The summed E-state index contributed by atoms with van der Waals surface area (Å²) in [7, 11) is 0. The first-order valence-electron chi connectivity index (χ1n) is 14.7. The van der Waals surface area contributed by atoms with Gasteiger partial charge < -0.3 is 44.6 Å². The van der Waals surface area contributed by atoms with Crippen molar-refractivity contribution in [2.45, 2.75) is 89.4 Å². The van der Waals surface area contributed by atoms with Gasteiger partial charge in [-0.2, -0.15) is 0 Å². The highest BCUT2D eigenvalue weighted by atomic mass is 16.4. The summed E-state index contributed by atoms with van der Waals surface area (Å²) in [4.78, 5) is 21.1. The third kappa shape index (κ3) is 26.7. The van der Waals surface area contributed by atoms with Crippen LogP contribution in [0.1, 0.15) is 63.5 Å². The van der Waals surface area contributed by atoms with Crippen LogP contribution in [-0.4, -0.2) is 59.4 Å². The van der Waals surface area contributed by atoms with E-state index >= 15 is 0 Å². The number of nitrogens with two attached hydrogens (primary N) is 6. The Labute approximate surface area is 243 Å². The Balaban J connectivity index is 0. The molecule has 14 N–H and O–H groups in total. The minimum atomic E-state index is -0.679. The molecule has 228 valence electrons. The smallest absolute Gasteiger partial charge is 0.320 e. The second-order valence-corrected chi connectivity index (χ2v) is 9.75. The summed E-state index contributed by atoms with van der Waals surface area (Å²) in [5.41, 5.74) is 35.0. The maximum absolute atomic E-state index is 10.5. The zero-order valence-corrected chi connectivity index (χ0v) is 24.3. The molecule has 40 heavy (non-hydrogen) atoms. The summed E-state index contributed by atoms with van der Waals surface area (Å²) in [6.07, 6.45) is 6.31. The van der Waals surface area contributed by atoms with E-state index in [1.165, 1.54) is 11.1 Å². The van der Waals surface area contributed by atoms with Crippen molar-refractivity contribution in [2.75, 3.05) is 13.1 Å². The van der Waals surface area contributed by atoms with Crippen LogP contribution in [0.4, 0.5) is 0 Å². The predicted octanol–water partition coefficient (Wildman–Crippen LogP) is 2.21. The molecule has 0 aliphatic rings. The number of carboxylic acids is 2. The fourth-order valence-corrected chi connectivity index (χ4v) is 3.22. The second-order valence-electron chi connectivity index (χ2n) is 9.75. The van der Waals surface area contributed by atoms with Crippen LogP contribution in [0.3, 0.4) is 0 Å². The third-order valence-electron chi connectivity index (χ3n) is 5.35. The molecule has 4 atom stereocenters. The largest absolute Gasteiger partial charge is 0.480 e. The van der Waals surface area contributed by atoms with Gasteiger partial charge in [0.25, 0.3) is 2.86 Å². The van der Waals surface area contributed by atoms with Gasteiger partial charge in [-0.1, -0.05) is 73.5 Å². The van der Waals surface area contributed by atoms with Gasteiger partial charge in [-0.3, -0.25) is 9.59 Å². The normalized spacial score (nSPS) is 13.5. The van der Waals surface area contributed by atoms with Crippen molar-refractivity contribution in [3.05, 3.63) is 71.8 Å². The lowest BCUT2D eigenvalue weighted by Gasteiger charge is -2.03. The van der Waals surface area contributed by atoms with Crippen molar-refractivity contribution < 1.29 is 19.8 Å². The molecule has 10 heteroatoms. The van der Waals surface area contributed by atoms with Gasteiger partial charge in [0.15, 0.2) is 0 Å². The first kappa shape index (κ1) is 35.2. The highest BCUT2D eigenvalue weighted by Crippen LogP contribution is 2.01. The Kier molecular flexibility index (Phi) is 23.2. The molecule has 0 aliphatic carbocycles. The number of carboxylic acid groups (broad SMARTS) is 2. The van der Waals surface area contributed by atoms with Crippen LogP contribution < -0.4 is 34.4 Å². The van der Waals surface area contributed by atoms with Crippen LogP contribution in [0.25, 0.3) is 2.86 Å². The minimum absolute atomic E-state index is 0.266. The van der Waals surface area contributed by atoms with Gasteiger partial charge in [0, 0.05) is 12.1 Å². The quantitative estimate of drug-likeness (QED) is 0.156. The van der Waals surface area contributed by atoms with E-state index in [-0.39, 0.29) is 12.1 Å². The lowest BCUT2D eigenvalue weighted by molar-refractivity contribution is -0.139. The SMILES string of the molecule is CC(N)Cc1ccccc1.CC(N)Cc1ccccc1.[2H]OC(=O)C(N)CCCCN.[2H]OC(=O)C(N)CCCCN. The van der Waals surface area contributed by atoms with Crippen LogP contribution in [0.2, 0.25) is 0 Å². The summed E-state index contributed by atoms with van der Waals surface area (Å²) in [5.74, 6) is -1.36. The molecule has 0 spiro atoms. The summed E-state index contributed by atoms with van der Waals surface area (Å²) in [6, 6.07) is 19.8. The van der Waals surface area contributed by atoms with Gasteiger partial charge in [0.2, 0.25) is 0 Å². The van der Waals surface area contributed by atoms with E-state index < -0.39 is 24.0 Å². The second kappa shape index (κ2) is 26.4. The van der Waals surface area contributed by atoms with Crippen LogP contribution in [0.5, 0.6) is 0 Å². The summed E-state index contributed by atoms with van der Waals surface area (Å²) in [6.45, 7) is 5.24. The molecule has 0 saturated heterocycles. The minimum Gasteiger partial charge on any atom is -0.480 e. The van der Waals surface area contributed by atoms with Crippen molar-refractivity contribution in [2.24, 2.45) is 34.4 Å². The first-order valence-corrected chi connectivity index (χ1v) is 13.9. The Bertz CT molecular complexity index is 822. The monoisotopic (exact) mass is 564 g/mol. The van der Waals surface area contributed by atoms with Crippen molar-refractivity contribution in [1.29, 1.82) is 2.86 Å². The van der Waals surface area contributed by atoms with Crippen LogP contribution in [-0.2, 0) is 22.4 Å². The third-order valence-corrected chi connectivity index (χ3v) is 5.35. The Hall–Kier alpha value is -2.86. The summed E-state index contributed by atoms with van der Waals surface area (Å²) >= 11 is 0. The molecule has 0 bridgehead atoms. The maximum Gasteiger partial charge on any atom is 0.320 e. The van der Waals surface area contributed by atoms with Crippen molar-refractivity contribution in [3.63, 3.8) is 0 Å². The number of hydrogen-bond donors (Lipinski definition) is 8. The van der Waals surface area contributed by atoms with Gasteiger partial charge >= 0.3 is 11.9 Å². The number of rotatable bonds is 14. The molecule has 4 unspecified atom stereocenters. The summed E-state index contributed by atoms with van der Waals surface area (Å²) < 4.78 is 12.5. The van der Waals surface area contributed by atoms with Crippen molar-refractivity contribution in [3.8, 4) is 0 Å². The molecule has 0 saturated carbocycles. The molecular formula is C30H54N6O4. The first-order chi connectivity index (χ1) is 20.0. The Morgan fingerprint density at radius 3 is 1.23 bits per heavy atom. The van der Waals surface area contributed by atoms with Gasteiger partial charge in [-0.25, -0.2) is 0 Å².